The summed E-state index contributed by atoms with van der Waals surface area (Å²) in [6.45, 7) is 4.19. The summed E-state index contributed by atoms with van der Waals surface area (Å²) in [6.07, 6.45) is 0.588. The van der Waals surface area contributed by atoms with Gasteiger partial charge in [-0.2, -0.15) is 0 Å². The molecule has 132 valence electrons. The van der Waals surface area contributed by atoms with Crippen LogP contribution in [0.3, 0.4) is 0 Å². The number of ether oxygens (including phenoxy) is 2. The van der Waals surface area contributed by atoms with Gasteiger partial charge in [-0.05, 0) is 12.8 Å². The molecular formula is C16H26O7. The smallest absolute Gasteiger partial charge is 0.303 e. The van der Waals surface area contributed by atoms with Crippen molar-refractivity contribution < 1.29 is 33.8 Å². The lowest BCUT2D eigenvalue weighted by Gasteiger charge is -2.14. The third-order valence-electron chi connectivity index (χ3n) is 3.00. The zero-order chi connectivity index (χ0) is 17.7. The Bertz CT molecular complexity index is 403. The zero-order valence-electron chi connectivity index (χ0n) is 13.8. The number of aliphatic carboxylic acids is 1. The van der Waals surface area contributed by atoms with Crippen LogP contribution in [0.25, 0.3) is 0 Å². The molecule has 0 heterocycles. The average molecular weight is 330 g/mol. The van der Waals surface area contributed by atoms with Crippen molar-refractivity contribution in [2.45, 2.75) is 46.0 Å². The van der Waals surface area contributed by atoms with E-state index in [-0.39, 0.29) is 38.3 Å². The van der Waals surface area contributed by atoms with Gasteiger partial charge in [0.15, 0.2) is 11.6 Å². The first-order valence-corrected chi connectivity index (χ1v) is 7.86. The van der Waals surface area contributed by atoms with E-state index in [9.17, 15) is 19.2 Å². The number of Topliss-reactive ketones (excluding diaryl/α,β-unsaturated/α-hetero) is 3. The van der Waals surface area contributed by atoms with E-state index in [4.69, 9.17) is 14.6 Å². The van der Waals surface area contributed by atoms with E-state index in [0.29, 0.717) is 13.2 Å². The molecule has 0 aliphatic carbocycles. The average Bonchev–Trinajstić information content (AvgIpc) is 2.50. The van der Waals surface area contributed by atoms with Crippen molar-refractivity contribution in [3.8, 4) is 0 Å². The Morgan fingerprint density at radius 1 is 0.870 bits per heavy atom. The maximum Gasteiger partial charge on any atom is 0.303 e. The summed E-state index contributed by atoms with van der Waals surface area (Å²) in [5, 5.41) is 8.63. The molecule has 0 aromatic rings. The fraction of sp³-hybridized carbons (Fsp3) is 0.750. The molecule has 0 rings (SSSR count). The summed E-state index contributed by atoms with van der Waals surface area (Å²) in [5.74, 6) is -3.65. The highest BCUT2D eigenvalue weighted by Crippen LogP contribution is 2.12. The van der Waals surface area contributed by atoms with Crippen LogP contribution in [0.2, 0.25) is 0 Å². The Morgan fingerprint density at radius 2 is 1.43 bits per heavy atom. The van der Waals surface area contributed by atoms with Crippen LogP contribution < -0.4 is 0 Å². The zero-order valence-corrected chi connectivity index (χ0v) is 13.8. The van der Waals surface area contributed by atoms with Crippen LogP contribution in [-0.2, 0) is 28.7 Å². The Kier molecular flexibility index (Phi) is 12.0. The molecule has 0 fully saturated rings. The number of carboxylic acid groups (broad SMARTS) is 1. The van der Waals surface area contributed by atoms with Crippen molar-refractivity contribution in [2.24, 2.45) is 5.92 Å². The normalized spacial score (nSPS) is 11.9. The molecule has 7 heteroatoms. The van der Waals surface area contributed by atoms with Crippen molar-refractivity contribution in [2.75, 3.05) is 26.4 Å². The number of ketones is 3. The lowest BCUT2D eigenvalue weighted by atomic mass is 9.91. The van der Waals surface area contributed by atoms with E-state index in [1.807, 2.05) is 13.8 Å². The Hall–Kier alpha value is -1.60. The molecule has 0 radical (unpaired) electrons. The molecule has 0 bridgehead atoms. The highest BCUT2D eigenvalue weighted by atomic mass is 16.5. The molecule has 0 spiro atoms. The van der Waals surface area contributed by atoms with E-state index in [1.165, 1.54) is 0 Å². The number of hydrogen-bond acceptors (Lipinski definition) is 6. The molecule has 7 nitrogen and oxygen atoms in total. The first kappa shape index (κ1) is 21.4. The summed E-state index contributed by atoms with van der Waals surface area (Å²) in [7, 11) is 0. The minimum Gasteiger partial charge on any atom is -0.481 e. The molecule has 0 aromatic heterocycles. The molecule has 1 N–H and O–H groups in total. The van der Waals surface area contributed by atoms with Gasteiger partial charge in [0.1, 0.15) is 19.0 Å². The maximum absolute atomic E-state index is 12.1. The summed E-state index contributed by atoms with van der Waals surface area (Å²) in [6, 6.07) is 0. The second-order valence-electron chi connectivity index (χ2n) is 5.23. The highest BCUT2D eigenvalue weighted by molar-refractivity contribution is 6.06. The van der Waals surface area contributed by atoms with Crippen LogP contribution in [0.15, 0.2) is 0 Å². The van der Waals surface area contributed by atoms with Gasteiger partial charge in [-0.25, -0.2) is 0 Å². The molecule has 0 aromatic carbocycles. The number of hydrogen-bond donors (Lipinski definition) is 1. The molecule has 1 atom stereocenters. The third-order valence-corrected chi connectivity index (χ3v) is 3.00. The van der Waals surface area contributed by atoms with Crippen LogP contribution in [0.1, 0.15) is 46.0 Å². The number of carbonyl (C=O) groups excluding carboxylic acids is 3. The topological polar surface area (TPSA) is 107 Å². The first-order chi connectivity index (χ1) is 10.9. The van der Waals surface area contributed by atoms with Crippen LogP contribution in [-0.4, -0.2) is 54.9 Å². The lowest BCUT2D eigenvalue weighted by Crippen LogP contribution is -2.31. The molecule has 0 aliphatic rings. The maximum atomic E-state index is 12.1. The number of carboxylic acids is 1. The van der Waals surface area contributed by atoms with Crippen molar-refractivity contribution in [3.63, 3.8) is 0 Å². The van der Waals surface area contributed by atoms with E-state index in [2.05, 4.69) is 0 Å². The molecule has 1 unspecified atom stereocenters. The van der Waals surface area contributed by atoms with Gasteiger partial charge < -0.3 is 14.6 Å². The summed E-state index contributed by atoms with van der Waals surface area (Å²) < 4.78 is 10.2. The molecular weight excluding hydrogens is 304 g/mol. The van der Waals surface area contributed by atoms with Gasteiger partial charge in [0.25, 0.3) is 0 Å². The van der Waals surface area contributed by atoms with Gasteiger partial charge in [-0.1, -0.05) is 13.8 Å². The fourth-order valence-electron chi connectivity index (χ4n) is 1.85. The van der Waals surface area contributed by atoms with Crippen molar-refractivity contribution in [1.29, 1.82) is 0 Å². The van der Waals surface area contributed by atoms with E-state index in [1.54, 1.807) is 0 Å². The Labute approximate surface area is 136 Å². The SMILES string of the molecule is CCCOCC(=O)CC(C(=O)CCC(=O)O)C(=O)COCCC. The molecule has 23 heavy (non-hydrogen) atoms. The Morgan fingerprint density at radius 3 is 1.96 bits per heavy atom. The van der Waals surface area contributed by atoms with Gasteiger partial charge in [0, 0.05) is 26.1 Å². The second-order valence-corrected chi connectivity index (χ2v) is 5.23. The summed E-state index contributed by atoms with van der Waals surface area (Å²) >= 11 is 0. The molecule has 0 saturated heterocycles. The quantitative estimate of drug-likeness (QED) is 0.357. The highest BCUT2D eigenvalue weighted by Gasteiger charge is 2.28. The number of carbonyl (C=O) groups is 4. The Balaban J connectivity index is 4.64. The van der Waals surface area contributed by atoms with Gasteiger partial charge in [-0.3, -0.25) is 19.2 Å². The van der Waals surface area contributed by atoms with Gasteiger partial charge >= 0.3 is 5.97 Å². The first-order valence-electron chi connectivity index (χ1n) is 7.86. The minimum absolute atomic E-state index is 0.153. The molecule has 0 aliphatic heterocycles. The standard InChI is InChI=1S/C16H26O7/c1-3-7-22-10-12(17)9-13(14(18)5-6-16(20)21)15(19)11-23-8-4-2/h13H,3-11H2,1-2H3,(H,20,21). The van der Waals surface area contributed by atoms with Crippen LogP contribution in [0.5, 0.6) is 0 Å². The van der Waals surface area contributed by atoms with Gasteiger partial charge in [-0.15, -0.1) is 0 Å². The van der Waals surface area contributed by atoms with E-state index in [0.717, 1.165) is 12.8 Å². The lowest BCUT2D eigenvalue weighted by molar-refractivity contribution is -0.142. The van der Waals surface area contributed by atoms with Crippen molar-refractivity contribution in [3.05, 3.63) is 0 Å². The van der Waals surface area contributed by atoms with Crippen molar-refractivity contribution >= 4 is 23.3 Å². The fourth-order valence-corrected chi connectivity index (χ4v) is 1.85. The second kappa shape index (κ2) is 12.9. The van der Waals surface area contributed by atoms with Crippen LogP contribution in [0.4, 0.5) is 0 Å². The number of rotatable bonds is 15. The third kappa shape index (κ3) is 10.7. The predicted molar refractivity (Wildman–Crippen MR) is 82.2 cm³/mol. The van der Waals surface area contributed by atoms with Crippen LogP contribution >= 0.6 is 0 Å². The summed E-state index contributed by atoms with van der Waals surface area (Å²) in [5.41, 5.74) is 0. The largest absolute Gasteiger partial charge is 0.481 e. The van der Waals surface area contributed by atoms with Crippen LogP contribution in [0, 0.1) is 5.92 Å². The van der Waals surface area contributed by atoms with Crippen molar-refractivity contribution in [1.82, 2.24) is 0 Å². The minimum atomic E-state index is -1.15. The molecule has 0 amide bonds. The van der Waals surface area contributed by atoms with Gasteiger partial charge in [0.05, 0.1) is 12.3 Å². The van der Waals surface area contributed by atoms with E-state index >= 15 is 0 Å². The summed E-state index contributed by atoms with van der Waals surface area (Å²) in [4.78, 5) is 46.5. The predicted octanol–water partition coefficient (Wildman–Crippen LogP) is 1.42. The van der Waals surface area contributed by atoms with Gasteiger partial charge in [0.2, 0.25) is 0 Å². The van der Waals surface area contributed by atoms with E-state index < -0.39 is 23.5 Å². The monoisotopic (exact) mass is 330 g/mol. The molecule has 0 saturated carbocycles.